The molecule has 15 nitrogen and oxygen atoms in total. The number of aromatic nitrogens is 3. The Kier molecular flexibility index (Phi) is 11.3. The van der Waals surface area contributed by atoms with Gasteiger partial charge in [-0.1, -0.05) is 25.1 Å². The second-order valence-electron chi connectivity index (χ2n) is 19.6. The van der Waals surface area contributed by atoms with Crippen LogP contribution in [0.15, 0.2) is 18.3 Å². The molecule has 1 amide bonds. The van der Waals surface area contributed by atoms with E-state index in [1.54, 1.807) is 79.3 Å². The van der Waals surface area contributed by atoms with Crippen molar-refractivity contribution in [2.75, 3.05) is 13.1 Å². The summed E-state index contributed by atoms with van der Waals surface area (Å²) >= 11 is 0. The van der Waals surface area contributed by atoms with Gasteiger partial charge >= 0.3 is 25.2 Å². The lowest BCUT2D eigenvalue weighted by molar-refractivity contribution is -0.199. The Morgan fingerprint density at radius 2 is 1.58 bits per heavy atom. The molecular formula is C41H59BN4O11. The third kappa shape index (κ3) is 9.76. The zero-order valence-electron chi connectivity index (χ0n) is 35.6. The minimum Gasteiger partial charge on any atom is -0.486 e. The fraction of sp³-hybridized carbons (Fsp3) is 0.707. The van der Waals surface area contributed by atoms with Crippen molar-refractivity contribution in [1.29, 1.82) is 0 Å². The molecule has 4 atom stereocenters. The minimum absolute atomic E-state index is 0.0108. The number of carbonyl (C=O) groups excluding carboxylic acids is 4. The van der Waals surface area contributed by atoms with Gasteiger partial charge in [-0.15, -0.1) is 5.10 Å². The molecule has 3 heterocycles. The average Bonchev–Trinajstić information content (AvgIpc) is 3.61. The predicted octanol–water partition coefficient (Wildman–Crippen LogP) is 5.99. The Labute approximate surface area is 335 Å². The van der Waals surface area contributed by atoms with Crippen LogP contribution in [-0.4, -0.2) is 98.7 Å². The summed E-state index contributed by atoms with van der Waals surface area (Å²) < 4.78 is 43.4. The average molecular weight is 795 g/mol. The van der Waals surface area contributed by atoms with Crippen molar-refractivity contribution in [1.82, 2.24) is 19.9 Å². The van der Waals surface area contributed by atoms with Crippen molar-refractivity contribution in [3.8, 4) is 11.5 Å². The molecule has 3 saturated carbocycles. The SMILES string of the molecule is CC(C)(C)OC(=O)Cc1cn(CC(=O)N2CC(Oc3ccc(CCB4O[C@@H]5C[C@@H]6C[C@@H](C6(C)C)[C@]5(C)O4)c(OC(=O)OC(C)(C)C)c3C(=O)OC(C)(C)C)C2)nn1. The van der Waals surface area contributed by atoms with E-state index in [1.165, 1.54) is 10.9 Å². The first-order chi connectivity index (χ1) is 26.3. The van der Waals surface area contributed by atoms with Crippen molar-refractivity contribution < 1.29 is 52.2 Å². The van der Waals surface area contributed by atoms with Crippen molar-refractivity contribution in [3.63, 3.8) is 0 Å². The summed E-state index contributed by atoms with van der Waals surface area (Å²) in [6.07, 6.45) is 2.93. The molecule has 2 aliphatic heterocycles. The number of rotatable bonds is 11. The number of hydrogen-bond donors (Lipinski definition) is 0. The van der Waals surface area contributed by atoms with E-state index in [-0.39, 0.29) is 66.1 Å². The second-order valence-corrected chi connectivity index (χ2v) is 19.6. The molecule has 5 aliphatic rings. The van der Waals surface area contributed by atoms with E-state index < -0.39 is 48.1 Å². The normalized spacial score (nSPS) is 24.2. The molecule has 7 rings (SSSR count). The van der Waals surface area contributed by atoms with E-state index in [9.17, 15) is 19.2 Å². The highest BCUT2D eigenvalue weighted by Crippen LogP contribution is 2.65. The molecule has 0 N–H and O–H groups in total. The Hall–Kier alpha value is -4.18. The molecule has 0 radical (unpaired) electrons. The number of amides is 1. The largest absolute Gasteiger partial charge is 0.514 e. The monoisotopic (exact) mass is 794 g/mol. The summed E-state index contributed by atoms with van der Waals surface area (Å²) in [5.41, 5.74) is -1.67. The molecule has 3 aliphatic carbocycles. The van der Waals surface area contributed by atoms with Crippen LogP contribution in [0.2, 0.25) is 6.32 Å². The van der Waals surface area contributed by atoms with Crippen LogP contribution < -0.4 is 9.47 Å². The van der Waals surface area contributed by atoms with Gasteiger partial charge in [-0.3, -0.25) is 9.59 Å². The molecule has 2 aromatic rings. The van der Waals surface area contributed by atoms with Crippen LogP contribution in [-0.2, 0) is 52.5 Å². The van der Waals surface area contributed by atoms with Crippen molar-refractivity contribution >= 4 is 31.1 Å². The Morgan fingerprint density at radius 1 is 0.912 bits per heavy atom. The summed E-state index contributed by atoms with van der Waals surface area (Å²) in [5, 5.41) is 7.99. The van der Waals surface area contributed by atoms with Gasteiger partial charge in [0.15, 0.2) is 5.75 Å². The van der Waals surface area contributed by atoms with E-state index in [2.05, 4.69) is 31.1 Å². The molecule has 57 heavy (non-hydrogen) atoms. The van der Waals surface area contributed by atoms with E-state index >= 15 is 0 Å². The highest BCUT2D eigenvalue weighted by atomic mass is 16.7. The number of esters is 2. The molecule has 2 bridgehead atoms. The van der Waals surface area contributed by atoms with Crippen LogP contribution in [0.3, 0.4) is 0 Å². The van der Waals surface area contributed by atoms with Gasteiger partial charge < -0.3 is 37.9 Å². The van der Waals surface area contributed by atoms with Crippen LogP contribution in [0.4, 0.5) is 4.79 Å². The summed E-state index contributed by atoms with van der Waals surface area (Å²) in [7, 11) is -0.474. The Morgan fingerprint density at radius 3 is 2.21 bits per heavy atom. The predicted molar refractivity (Wildman–Crippen MR) is 208 cm³/mol. The quantitative estimate of drug-likeness (QED) is 0.113. The maximum Gasteiger partial charge on any atom is 0.514 e. The highest BCUT2D eigenvalue weighted by Gasteiger charge is 2.67. The molecule has 1 aromatic heterocycles. The summed E-state index contributed by atoms with van der Waals surface area (Å²) in [6.45, 7) is 22.9. The number of benzene rings is 1. The zero-order valence-corrected chi connectivity index (χ0v) is 35.6. The summed E-state index contributed by atoms with van der Waals surface area (Å²) in [6, 6.07) is 3.42. The number of carbonyl (C=O) groups is 4. The number of aryl methyl sites for hydroxylation is 1. The molecule has 0 unspecified atom stereocenters. The first-order valence-corrected chi connectivity index (χ1v) is 20.0. The first kappa shape index (κ1) is 42.4. The van der Waals surface area contributed by atoms with Gasteiger partial charge in [-0.2, -0.15) is 0 Å². The Balaban J connectivity index is 1.17. The van der Waals surface area contributed by atoms with Crippen molar-refractivity contribution in [3.05, 3.63) is 35.2 Å². The van der Waals surface area contributed by atoms with Crippen LogP contribution in [0, 0.1) is 17.3 Å². The van der Waals surface area contributed by atoms with Gasteiger partial charge in [0.1, 0.15) is 40.8 Å². The van der Waals surface area contributed by atoms with Crippen LogP contribution in [0.25, 0.3) is 0 Å². The first-order valence-electron chi connectivity index (χ1n) is 20.0. The van der Waals surface area contributed by atoms with Crippen molar-refractivity contribution in [2.24, 2.45) is 17.3 Å². The highest BCUT2D eigenvalue weighted by molar-refractivity contribution is 6.45. The minimum atomic E-state index is -0.984. The number of nitrogens with zero attached hydrogens (tertiary/aromatic N) is 4. The zero-order chi connectivity index (χ0) is 41.9. The molecule has 0 spiro atoms. The molecule has 1 aromatic carbocycles. The second kappa shape index (κ2) is 15.2. The van der Waals surface area contributed by atoms with Crippen LogP contribution in [0.1, 0.15) is 118 Å². The smallest absolute Gasteiger partial charge is 0.486 e. The van der Waals surface area contributed by atoms with Gasteiger partial charge in [0.2, 0.25) is 5.91 Å². The van der Waals surface area contributed by atoms with Gasteiger partial charge in [0.05, 0.1) is 36.9 Å². The third-order valence-electron chi connectivity index (χ3n) is 11.2. The maximum atomic E-state index is 14.0. The van der Waals surface area contributed by atoms with Gasteiger partial charge in [-0.25, -0.2) is 14.3 Å². The fourth-order valence-corrected chi connectivity index (χ4v) is 8.40. The molecule has 16 heteroatoms. The number of hydrogen-bond acceptors (Lipinski definition) is 13. The Bertz CT molecular complexity index is 1870. The van der Waals surface area contributed by atoms with E-state index in [0.29, 0.717) is 35.8 Å². The van der Waals surface area contributed by atoms with Gasteiger partial charge in [0, 0.05) is 6.20 Å². The van der Waals surface area contributed by atoms with E-state index in [4.69, 9.17) is 33.0 Å². The van der Waals surface area contributed by atoms with Gasteiger partial charge in [-0.05, 0) is 124 Å². The lowest BCUT2D eigenvalue weighted by atomic mass is 9.43. The third-order valence-corrected chi connectivity index (χ3v) is 11.2. The lowest BCUT2D eigenvalue weighted by Crippen LogP contribution is -2.65. The summed E-state index contributed by atoms with van der Waals surface area (Å²) in [4.78, 5) is 54.2. The van der Waals surface area contributed by atoms with E-state index in [1.807, 2.05) is 0 Å². The molecule has 5 fully saturated rings. The van der Waals surface area contributed by atoms with Crippen LogP contribution >= 0.6 is 0 Å². The number of ether oxygens (including phenoxy) is 5. The molecule has 312 valence electrons. The molecular weight excluding hydrogens is 735 g/mol. The topological polar surface area (TPSA) is 167 Å². The van der Waals surface area contributed by atoms with Crippen molar-refractivity contribution in [2.45, 2.75) is 156 Å². The van der Waals surface area contributed by atoms with Gasteiger partial charge in [0.25, 0.3) is 0 Å². The summed E-state index contributed by atoms with van der Waals surface area (Å²) in [5.74, 6) is -0.281. The molecule has 2 saturated heterocycles. The fourth-order valence-electron chi connectivity index (χ4n) is 8.40. The van der Waals surface area contributed by atoms with E-state index in [0.717, 1.165) is 12.8 Å². The lowest BCUT2D eigenvalue weighted by Gasteiger charge is -2.64. The van der Waals surface area contributed by atoms with Crippen LogP contribution in [0.5, 0.6) is 11.5 Å². The number of likely N-dealkylation sites (tertiary alicyclic amines) is 1. The maximum absolute atomic E-state index is 14.0. The standard InChI is InChI=1S/C41H59BN4O11/c1-37(2,3)53-32(48)19-26-20-46(44-43-26)23-31(47)45-21-27(22-45)51-28-14-13-24(15-16-42-56-30-18-25-17-29(40(25,10)11)41(30,12)57-42)34(52-36(50)55-39(7,8)9)33(28)35(49)54-38(4,5)6/h13-14,20,25,27,29-30H,15-19,21-23H2,1-12H3/t25-,29-,30+,41-/m0/s1.